The minimum Gasteiger partial charge on any atom is -0.337 e. The molecule has 0 unspecified atom stereocenters. The van der Waals surface area contributed by atoms with E-state index in [-0.39, 0.29) is 5.91 Å². The van der Waals surface area contributed by atoms with E-state index in [0.717, 1.165) is 11.3 Å². The van der Waals surface area contributed by atoms with Crippen molar-refractivity contribution in [3.63, 3.8) is 0 Å². The standard InChI is InChI=1S/C20H21N3O/c1-15-19(13-21-23(15)3)20(24)22(2)14-16-9-11-18(12-10-16)17-7-5-4-6-8-17/h4-13H,14H2,1-3H3. The Balaban J connectivity index is 1.72. The molecule has 24 heavy (non-hydrogen) atoms. The van der Waals surface area contributed by atoms with Crippen LogP contribution in [0.2, 0.25) is 0 Å². The van der Waals surface area contributed by atoms with E-state index in [2.05, 4.69) is 41.5 Å². The molecule has 122 valence electrons. The number of aromatic nitrogens is 2. The lowest BCUT2D eigenvalue weighted by Gasteiger charge is -2.17. The molecule has 0 spiro atoms. The smallest absolute Gasteiger partial charge is 0.257 e. The molecule has 0 saturated carbocycles. The van der Waals surface area contributed by atoms with Crippen LogP contribution in [0.3, 0.4) is 0 Å². The van der Waals surface area contributed by atoms with Crippen LogP contribution in [-0.4, -0.2) is 27.6 Å². The van der Waals surface area contributed by atoms with Crippen LogP contribution in [0.4, 0.5) is 0 Å². The van der Waals surface area contributed by atoms with Crippen LogP contribution in [0, 0.1) is 6.92 Å². The van der Waals surface area contributed by atoms with Crippen molar-refractivity contribution in [3.8, 4) is 11.1 Å². The summed E-state index contributed by atoms with van der Waals surface area (Å²) in [6.45, 7) is 2.48. The molecule has 1 amide bonds. The summed E-state index contributed by atoms with van der Waals surface area (Å²) < 4.78 is 1.72. The van der Waals surface area contributed by atoms with Crippen LogP contribution in [0.5, 0.6) is 0 Å². The van der Waals surface area contributed by atoms with E-state index >= 15 is 0 Å². The molecular weight excluding hydrogens is 298 g/mol. The third-order valence-corrected chi connectivity index (χ3v) is 4.29. The number of hydrogen-bond donors (Lipinski definition) is 0. The van der Waals surface area contributed by atoms with Gasteiger partial charge in [-0.2, -0.15) is 5.10 Å². The number of benzene rings is 2. The van der Waals surface area contributed by atoms with Gasteiger partial charge in [0.2, 0.25) is 0 Å². The molecule has 0 radical (unpaired) electrons. The molecule has 0 bridgehead atoms. The van der Waals surface area contributed by atoms with Gasteiger partial charge in [0.25, 0.3) is 5.91 Å². The van der Waals surface area contributed by atoms with E-state index in [4.69, 9.17) is 0 Å². The van der Waals surface area contributed by atoms with Crippen molar-refractivity contribution in [2.24, 2.45) is 7.05 Å². The predicted molar refractivity (Wildman–Crippen MR) is 95.6 cm³/mol. The second kappa shape index (κ2) is 6.71. The first-order chi connectivity index (χ1) is 11.6. The maximum absolute atomic E-state index is 12.5. The number of rotatable bonds is 4. The minimum atomic E-state index is -0.00673. The minimum absolute atomic E-state index is 0.00673. The van der Waals surface area contributed by atoms with Gasteiger partial charge >= 0.3 is 0 Å². The van der Waals surface area contributed by atoms with Gasteiger partial charge in [0.15, 0.2) is 0 Å². The van der Waals surface area contributed by atoms with Crippen LogP contribution in [-0.2, 0) is 13.6 Å². The molecule has 0 aliphatic heterocycles. The Hall–Kier alpha value is -2.88. The van der Waals surface area contributed by atoms with Crippen molar-refractivity contribution >= 4 is 5.91 Å². The summed E-state index contributed by atoms with van der Waals surface area (Å²) >= 11 is 0. The number of aryl methyl sites for hydroxylation is 1. The van der Waals surface area contributed by atoms with Crippen molar-refractivity contribution in [1.82, 2.24) is 14.7 Å². The SMILES string of the molecule is Cc1c(C(=O)N(C)Cc2ccc(-c3ccccc3)cc2)cnn1C. The average Bonchev–Trinajstić information content (AvgIpc) is 2.95. The van der Waals surface area contributed by atoms with Crippen LogP contribution in [0.15, 0.2) is 60.8 Å². The fourth-order valence-electron chi connectivity index (χ4n) is 2.69. The number of carbonyl (C=O) groups is 1. The normalized spacial score (nSPS) is 10.6. The zero-order valence-corrected chi connectivity index (χ0v) is 14.2. The number of amides is 1. The van der Waals surface area contributed by atoms with E-state index in [1.165, 1.54) is 11.1 Å². The van der Waals surface area contributed by atoms with E-state index in [0.29, 0.717) is 12.1 Å². The Kier molecular flexibility index (Phi) is 4.47. The largest absolute Gasteiger partial charge is 0.337 e. The molecule has 1 aromatic heterocycles. The molecule has 0 fully saturated rings. The van der Waals surface area contributed by atoms with Crippen molar-refractivity contribution in [1.29, 1.82) is 0 Å². The zero-order valence-electron chi connectivity index (χ0n) is 14.2. The van der Waals surface area contributed by atoms with Crippen LogP contribution < -0.4 is 0 Å². The summed E-state index contributed by atoms with van der Waals surface area (Å²) in [7, 11) is 3.66. The molecule has 3 aromatic rings. The van der Waals surface area contributed by atoms with E-state index in [1.54, 1.807) is 15.8 Å². The average molecular weight is 319 g/mol. The zero-order chi connectivity index (χ0) is 17.1. The highest BCUT2D eigenvalue weighted by molar-refractivity contribution is 5.94. The molecule has 4 heteroatoms. The maximum atomic E-state index is 12.5. The lowest BCUT2D eigenvalue weighted by atomic mass is 10.0. The number of nitrogens with zero attached hydrogens (tertiary/aromatic N) is 3. The highest BCUT2D eigenvalue weighted by atomic mass is 16.2. The summed E-state index contributed by atoms with van der Waals surface area (Å²) in [5.74, 6) is -0.00673. The first-order valence-corrected chi connectivity index (χ1v) is 7.94. The Bertz CT molecular complexity index is 835. The molecule has 0 saturated heterocycles. The maximum Gasteiger partial charge on any atom is 0.257 e. The number of carbonyl (C=O) groups excluding carboxylic acids is 1. The van der Waals surface area contributed by atoms with Gasteiger partial charge in [0.05, 0.1) is 11.8 Å². The van der Waals surface area contributed by atoms with Crippen LogP contribution in [0.25, 0.3) is 11.1 Å². The summed E-state index contributed by atoms with van der Waals surface area (Å²) in [4.78, 5) is 14.3. The van der Waals surface area contributed by atoms with Gasteiger partial charge < -0.3 is 4.90 Å². The second-order valence-corrected chi connectivity index (χ2v) is 5.99. The quantitative estimate of drug-likeness (QED) is 0.736. The van der Waals surface area contributed by atoms with Gasteiger partial charge in [0, 0.05) is 26.3 Å². The Labute approximate surface area is 142 Å². The molecule has 0 aliphatic carbocycles. The summed E-state index contributed by atoms with van der Waals surface area (Å²) in [5, 5.41) is 4.14. The first-order valence-electron chi connectivity index (χ1n) is 7.94. The molecule has 1 heterocycles. The fraction of sp³-hybridized carbons (Fsp3) is 0.200. The summed E-state index contributed by atoms with van der Waals surface area (Å²) in [6.07, 6.45) is 1.63. The first kappa shape index (κ1) is 16.0. The molecule has 4 nitrogen and oxygen atoms in total. The molecule has 0 N–H and O–H groups in total. The molecule has 0 aliphatic rings. The van der Waals surface area contributed by atoms with Crippen LogP contribution >= 0.6 is 0 Å². The van der Waals surface area contributed by atoms with Crippen molar-refractivity contribution in [3.05, 3.63) is 77.6 Å². The molecule has 2 aromatic carbocycles. The highest BCUT2D eigenvalue weighted by Crippen LogP contribution is 2.20. The van der Waals surface area contributed by atoms with Crippen molar-refractivity contribution in [2.75, 3.05) is 7.05 Å². The second-order valence-electron chi connectivity index (χ2n) is 5.99. The molecule has 0 atom stereocenters. The topological polar surface area (TPSA) is 38.1 Å². The Morgan fingerprint density at radius 1 is 1.04 bits per heavy atom. The van der Waals surface area contributed by atoms with Gasteiger partial charge in [-0.3, -0.25) is 9.48 Å². The van der Waals surface area contributed by atoms with Crippen molar-refractivity contribution < 1.29 is 4.79 Å². The fourth-order valence-corrected chi connectivity index (χ4v) is 2.69. The number of hydrogen-bond acceptors (Lipinski definition) is 2. The monoisotopic (exact) mass is 319 g/mol. The summed E-state index contributed by atoms with van der Waals surface area (Å²) in [5.41, 5.74) is 5.01. The Morgan fingerprint density at radius 3 is 2.25 bits per heavy atom. The van der Waals surface area contributed by atoms with E-state index in [9.17, 15) is 4.79 Å². The predicted octanol–water partition coefficient (Wildman–Crippen LogP) is 3.67. The summed E-state index contributed by atoms with van der Waals surface area (Å²) in [6, 6.07) is 18.6. The molecule has 3 rings (SSSR count). The lowest BCUT2D eigenvalue weighted by Crippen LogP contribution is -2.26. The van der Waals surface area contributed by atoms with Gasteiger partial charge in [-0.05, 0) is 23.6 Å². The van der Waals surface area contributed by atoms with Crippen molar-refractivity contribution in [2.45, 2.75) is 13.5 Å². The molecular formula is C20H21N3O. The lowest BCUT2D eigenvalue weighted by molar-refractivity contribution is 0.0784. The van der Waals surface area contributed by atoms with Crippen LogP contribution in [0.1, 0.15) is 21.6 Å². The third-order valence-electron chi connectivity index (χ3n) is 4.29. The van der Waals surface area contributed by atoms with E-state index < -0.39 is 0 Å². The van der Waals surface area contributed by atoms with Gasteiger partial charge in [-0.1, -0.05) is 54.6 Å². The Morgan fingerprint density at radius 2 is 1.67 bits per heavy atom. The van der Waals surface area contributed by atoms with Gasteiger partial charge in [-0.25, -0.2) is 0 Å². The van der Waals surface area contributed by atoms with Gasteiger partial charge in [-0.15, -0.1) is 0 Å². The van der Waals surface area contributed by atoms with Gasteiger partial charge in [0.1, 0.15) is 0 Å². The highest BCUT2D eigenvalue weighted by Gasteiger charge is 2.17. The third kappa shape index (κ3) is 3.23. The van der Waals surface area contributed by atoms with E-state index in [1.807, 2.05) is 39.2 Å².